The zero-order valence-corrected chi connectivity index (χ0v) is 13.7. The number of aromatic amines is 1. The van der Waals surface area contributed by atoms with E-state index in [-0.39, 0.29) is 0 Å². The second-order valence-electron chi connectivity index (χ2n) is 5.66. The number of hydrogen-bond acceptors (Lipinski definition) is 6. The van der Waals surface area contributed by atoms with E-state index in [9.17, 15) is 0 Å². The Bertz CT molecular complexity index is 915. The second-order valence-corrected chi connectivity index (χ2v) is 5.66. The third-order valence-electron chi connectivity index (χ3n) is 3.95. The van der Waals surface area contributed by atoms with Gasteiger partial charge in [0.15, 0.2) is 5.76 Å². The molecule has 126 valence electrons. The predicted molar refractivity (Wildman–Crippen MR) is 93.0 cm³/mol. The first-order valence-electron chi connectivity index (χ1n) is 7.95. The summed E-state index contributed by atoms with van der Waals surface area (Å²) in [5.41, 5.74) is 2.65. The van der Waals surface area contributed by atoms with Crippen LogP contribution in [0, 0.1) is 0 Å². The van der Waals surface area contributed by atoms with Crippen molar-refractivity contribution in [1.82, 2.24) is 20.2 Å². The van der Waals surface area contributed by atoms with Gasteiger partial charge in [0.1, 0.15) is 11.5 Å². The summed E-state index contributed by atoms with van der Waals surface area (Å²) in [6, 6.07) is 7.44. The molecular weight excluding hydrogens is 318 g/mol. The standard InChI is InChI=1S/C18H17N5O2/c1-23(7-6-13-10-20-21-11-13)18-19-12-14(15-4-2-8-24-15)17(22-18)16-5-3-9-25-16/h2-5,8-12H,6-7H2,1H3,(H,20,21). The summed E-state index contributed by atoms with van der Waals surface area (Å²) in [5, 5.41) is 6.78. The van der Waals surface area contributed by atoms with E-state index in [1.807, 2.05) is 48.6 Å². The molecule has 0 aliphatic carbocycles. The number of likely N-dealkylation sites (N-methyl/N-ethyl adjacent to an activating group) is 1. The van der Waals surface area contributed by atoms with Crippen LogP contribution in [0.4, 0.5) is 5.95 Å². The van der Waals surface area contributed by atoms with Gasteiger partial charge in [-0.1, -0.05) is 0 Å². The third-order valence-corrected chi connectivity index (χ3v) is 3.95. The number of aromatic nitrogens is 4. The topological polar surface area (TPSA) is 84.0 Å². The largest absolute Gasteiger partial charge is 0.464 e. The van der Waals surface area contributed by atoms with Crippen LogP contribution in [0.5, 0.6) is 0 Å². The summed E-state index contributed by atoms with van der Waals surface area (Å²) in [6.45, 7) is 0.775. The first-order valence-corrected chi connectivity index (χ1v) is 7.95. The third kappa shape index (κ3) is 3.16. The van der Waals surface area contributed by atoms with Gasteiger partial charge < -0.3 is 13.7 Å². The lowest BCUT2D eigenvalue weighted by Crippen LogP contribution is -2.22. The predicted octanol–water partition coefficient (Wildman–Crippen LogP) is 3.40. The average molecular weight is 335 g/mol. The number of anilines is 1. The van der Waals surface area contributed by atoms with Crippen LogP contribution in [-0.2, 0) is 6.42 Å². The first-order chi connectivity index (χ1) is 12.3. The molecule has 0 spiro atoms. The molecule has 0 radical (unpaired) electrons. The van der Waals surface area contributed by atoms with Crippen molar-refractivity contribution < 1.29 is 8.83 Å². The Morgan fingerprint density at radius 2 is 1.88 bits per heavy atom. The molecule has 4 rings (SSSR count). The smallest absolute Gasteiger partial charge is 0.225 e. The molecule has 4 aromatic heterocycles. The molecular formula is C18H17N5O2. The van der Waals surface area contributed by atoms with Gasteiger partial charge in [-0.05, 0) is 36.2 Å². The highest BCUT2D eigenvalue weighted by Crippen LogP contribution is 2.31. The van der Waals surface area contributed by atoms with Gasteiger partial charge >= 0.3 is 0 Å². The number of rotatable bonds is 6. The Kier molecular flexibility index (Phi) is 4.04. The molecule has 25 heavy (non-hydrogen) atoms. The summed E-state index contributed by atoms with van der Waals surface area (Å²) >= 11 is 0. The lowest BCUT2D eigenvalue weighted by molar-refractivity contribution is 0.573. The van der Waals surface area contributed by atoms with Crippen LogP contribution in [0.15, 0.2) is 64.2 Å². The van der Waals surface area contributed by atoms with Gasteiger partial charge in [-0.3, -0.25) is 5.10 Å². The Labute approximate surface area is 144 Å². The van der Waals surface area contributed by atoms with Crippen molar-refractivity contribution in [3.63, 3.8) is 0 Å². The zero-order valence-electron chi connectivity index (χ0n) is 13.7. The molecule has 0 saturated heterocycles. The normalized spacial score (nSPS) is 10.9. The van der Waals surface area contributed by atoms with E-state index in [0.717, 1.165) is 24.1 Å². The minimum Gasteiger partial charge on any atom is -0.464 e. The monoisotopic (exact) mass is 335 g/mol. The van der Waals surface area contributed by atoms with Crippen LogP contribution in [0.25, 0.3) is 22.8 Å². The molecule has 0 aliphatic rings. The van der Waals surface area contributed by atoms with Crippen molar-refractivity contribution in [3.05, 3.63) is 60.9 Å². The summed E-state index contributed by atoms with van der Waals surface area (Å²) < 4.78 is 11.1. The van der Waals surface area contributed by atoms with Crippen LogP contribution < -0.4 is 4.90 Å². The fourth-order valence-electron chi connectivity index (χ4n) is 2.58. The molecule has 0 saturated carbocycles. The van der Waals surface area contributed by atoms with Gasteiger partial charge in [-0.15, -0.1) is 0 Å². The van der Waals surface area contributed by atoms with Crippen molar-refractivity contribution in [2.75, 3.05) is 18.5 Å². The Hall–Kier alpha value is -3.35. The number of hydrogen-bond donors (Lipinski definition) is 1. The SMILES string of the molecule is CN(CCc1cn[nH]c1)c1ncc(-c2ccco2)c(-c2ccco2)n1. The highest BCUT2D eigenvalue weighted by Gasteiger charge is 2.17. The molecule has 4 heterocycles. The minimum atomic E-state index is 0.630. The number of furan rings is 2. The van der Waals surface area contributed by atoms with Gasteiger partial charge in [-0.25, -0.2) is 9.97 Å². The molecule has 0 aromatic carbocycles. The van der Waals surface area contributed by atoms with Crippen LogP contribution in [0.3, 0.4) is 0 Å². The summed E-state index contributed by atoms with van der Waals surface area (Å²) in [4.78, 5) is 11.2. The van der Waals surface area contributed by atoms with Crippen molar-refractivity contribution >= 4 is 5.95 Å². The van der Waals surface area contributed by atoms with E-state index in [1.54, 1.807) is 18.7 Å². The summed E-state index contributed by atoms with van der Waals surface area (Å²) in [6.07, 6.45) is 9.60. The van der Waals surface area contributed by atoms with Crippen molar-refractivity contribution in [2.45, 2.75) is 6.42 Å². The maximum absolute atomic E-state index is 5.55. The van der Waals surface area contributed by atoms with Gasteiger partial charge in [0.25, 0.3) is 0 Å². The van der Waals surface area contributed by atoms with Gasteiger partial charge in [0, 0.05) is 26.0 Å². The number of H-pyrrole nitrogens is 1. The van der Waals surface area contributed by atoms with Crippen LogP contribution >= 0.6 is 0 Å². The lowest BCUT2D eigenvalue weighted by atomic mass is 10.1. The van der Waals surface area contributed by atoms with E-state index in [1.165, 1.54) is 0 Å². The molecule has 0 fully saturated rings. The first kappa shape index (κ1) is 15.2. The summed E-state index contributed by atoms with van der Waals surface area (Å²) in [5.74, 6) is 2.02. The highest BCUT2D eigenvalue weighted by molar-refractivity contribution is 5.75. The molecule has 0 amide bonds. The Balaban J connectivity index is 1.64. The van der Waals surface area contributed by atoms with E-state index in [4.69, 9.17) is 13.8 Å². The number of nitrogens with zero attached hydrogens (tertiary/aromatic N) is 4. The molecule has 0 unspecified atom stereocenters. The maximum atomic E-state index is 5.55. The van der Waals surface area contributed by atoms with Crippen molar-refractivity contribution in [2.24, 2.45) is 0 Å². The summed E-state index contributed by atoms with van der Waals surface area (Å²) in [7, 11) is 1.97. The second kappa shape index (κ2) is 6.64. The molecule has 1 N–H and O–H groups in total. The van der Waals surface area contributed by atoms with Crippen molar-refractivity contribution in [1.29, 1.82) is 0 Å². The molecule has 0 bridgehead atoms. The van der Waals surface area contributed by atoms with Gasteiger partial charge in [0.2, 0.25) is 5.95 Å². The van der Waals surface area contributed by atoms with Crippen LogP contribution in [0.1, 0.15) is 5.56 Å². The van der Waals surface area contributed by atoms with E-state index >= 15 is 0 Å². The molecule has 0 atom stereocenters. The zero-order chi connectivity index (χ0) is 17.1. The minimum absolute atomic E-state index is 0.630. The molecule has 0 aliphatic heterocycles. The van der Waals surface area contributed by atoms with E-state index in [0.29, 0.717) is 23.2 Å². The van der Waals surface area contributed by atoms with Crippen LogP contribution in [-0.4, -0.2) is 33.8 Å². The van der Waals surface area contributed by atoms with E-state index in [2.05, 4.69) is 15.2 Å². The lowest BCUT2D eigenvalue weighted by Gasteiger charge is -2.17. The number of nitrogens with one attached hydrogen (secondary N) is 1. The fourth-order valence-corrected chi connectivity index (χ4v) is 2.58. The Morgan fingerprint density at radius 1 is 1.08 bits per heavy atom. The van der Waals surface area contributed by atoms with Crippen molar-refractivity contribution in [3.8, 4) is 22.8 Å². The molecule has 4 aromatic rings. The van der Waals surface area contributed by atoms with E-state index < -0.39 is 0 Å². The maximum Gasteiger partial charge on any atom is 0.225 e. The van der Waals surface area contributed by atoms with Crippen LogP contribution in [0.2, 0.25) is 0 Å². The average Bonchev–Trinajstić information content (AvgIpc) is 3.42. The van der Waals surface area contributed by atoms with Gasteiger partial charge in [0.05, 0.1) is 24.3 Å². The van der Waals surface area contributed by atoms with Gasteiger partial charge in [-0.2, -0.15) is 5.10 Å². The highest BCUT2D eigenvalue weighted by atomic mass is 16.3. The molecule has 7 nitrogen and oxygen atoms in total. The quantitative estimate of drug-likeness (QED) is 0.581. The fraction of sp³-hybridized carbons (Fsp3) is 0.167. The molecule has 7 heteroatoms. The Morgan fingerprint density at radius 3 is 2.56 bits per heavy atom.